The van der Waals surface area contributed by atoms with E-state index in [9.17, 15) is 4.79 Å². The average molecular weight is 261 g/mol. The number of benzene rings is 1. The van der Waals surface area contributed by atoms with Gasteiger partial charge in [0, 0.05) is 19.0 Å². The number of hydrogen-bond acceptors (Lipinski definition) is 2. The summed E-state index contributed by atoms with van der Waals surface area (Å²) in [6.45, 7) is 2.54. The zero-order valence-electron chi connectivity index (χ0n) is 8.97. The van der Waals surface area contributed by atoms with Gasteiger partial charge in [0.15, 0.2) is 0 Å². The van der Waals surface area contributed by atoms with Crippen LogP contribution in [0, 0.1) is 0 Å². The van der Waals surface area contributed by atoms with Crippen molar-refractivity contribution in [2.45, 2.75) is 25.9 Å². The molecule has 0 bridgehead atoms. The maximum Gasteiger partial charge on any atom is 0.218 e. The highest BCUT2D eigenvalue weighted by Crippen LogP contribution is 2.22. The van der Waals surface area contributed by atoms with Crippen LogP contribution in [0.15, 0.2) is 18.2 Å². The second-order valence-corrected chi connectivity index (χ2v) is 4.52. The lowest BCUT2D eigenvalue weighted by molar-refractivity contribution is -0.118. The Hall–Kier alpha value is -0.770. The van der Waals surface area contributed by atoms with Crippen LogP contribution in [0.1, 0.15) is 18.9 Å². The van der Waals surface area contributed by atoms with Crippen molar-refractivity contribution in [2.24, 2.45) is 5.73 Å². The fraction of sp³-hybridized carbons (Fsp3) is 0.364. The predicted molar refractivity (Wildman–Crippen MR) is 66.6 cm³/mol. The molecule has 0 saturated carbocycles. The minimum absolute atomic E-state index is 0.0481. The second-order valence-electron chi connectivity index (χ2n) is 3.70. The number of nitrogens with two attached hydrogens (primary N) is 1. The first-order valence-corrected chi connectivity index (χ1v) is 5.70. The van der Waals surface area contributed by atoms with Crippen molar-refractivity contribution in [2.75, 3.05) is 0 Å². The molecule has 88 valence electrons. The first-order chi connectivity index (χ1) is 7.49. The third kappa shape index (κ3) is 4.39. The molecule has 3 nitrogen and oxygen atoms in total. The summed E-state index contributed by atoms with van der Waals surface area (Å²) < 4.78 is 0. The van der Waals surface area contributed by atoms with Gasteiger partial charge < -0.3 is 11.1 Å². The van der Waals surface area contributed by atoms with Crippen molar-refractivity contribution < 1.29 is 4.79 Å². The van der Waals surface area contributed by atoms with Crippen LogP contribution in [-0.4, -0.2) is 11.9 Å². The van der Waals surface area contributed by atoms with Crippen molar-refractivity contribution in [3.05, 3.63) is 33.8 Å². The van der Waals surface area contributed by atoms with Crippen LogP contribution < -0.4 is 11.1 Å². The molecular formula is C11H14Cl2N2O. The molecule has 0 aliphatic heterocycles. The Balaban J connectivity index is 2.48. The summed E-state index contributed by atoms with van der Waals surface area (Å²) in [6, 6.07) is 5.48. The van der Waals surface area contributed by atoms with Crippen LogP contribution in [0.3, 0.4) is 0 Å². The Labute approximate surface area is 105 Å². The number of carbonyl (C=O) groups excluding carboxylic acids is 1. The third-order valence-electron chi connectivity index (χ3n) is 2.15. The molecule has 5 heteroatoms. The first-order valence-electron chi connectivity index (χ1n) is 4.94. The number of primary amides is 1. The van der Waals surface area contributed by atoms with Crippen molar-refractivity contribution >= 4 is 29.1 Å². The average Bonchev–Trinajstić information content (AvgIpc) is 2.19. The molecule has 16 heavy (non-hydrogen) atoms. The molecule has 0 aliphatic rings. The molecule has 1 aromatic carbocycles. The molecule has 0 aliphatic carbocycles. The number of nitrogens with one attached hydrogen (secondary N) is 1. The summed E-state index contributed by atoms with van der Waals surface area (Å²) in [5, 5.41) is 4.24. The van der Waals surface area contributed by atoms with Crippen LogP contribution in [0.4, 0.5) is 0 Å². The van der Waals surface area contributed by atoms with E-state index in [0.29, 0.717) is 23.0 Å². The largest absolute Gasteiger partial charge is 0.370 e. The van der Waals surface area contributed by atoms with Crippen LogP contribution in [-0.2, 0) is 11.3 Å². The van der Waals surface area contributed by atoms with E-state index in [2.05, 4.69) is 5.32 Å². The van der Waals surface area contributed by atoms with Gasteiger partial charge in [-0.3, -0.25) is 4.79 Å². The molecule has 3 N–H and O–H groups in total. The van der Waals surface area contributed by atoms with Gasteiger partial charge >= 0.3 is 0 Å². The lowest BCUT2D eigenvalue weighted by atomic mass is 10.2. The Bertz CT molecular complexity index is 382. The van der Waals surface area contributed by atoms with E-state index < -0.39 is 0 Å². The fourth-order valence-corrected chi connectivity index (χ4v) is 1.64. The monoisotopic (exact) mass is 260 g/mol. The maximum atomic E-state index is 10.7. The SMILES string of the molecule is CC(CC(N)=O)NCc1ccc(Cl)c(Cl)c1. The molecule has 0 heterocycles. The fourth-order valence-electron chi connectivity index (χ4n) is 1.32. The van der Waals surface area contributed by atoms with Crippen LogP contribution >= 0.6 is 23.2 Å². The molecular weight excluding hydrogens is 247 g/mol. The van der Waals surface area contributed by atoms with Gasteiger partial charge in [0.05, 0.1) is 10.0 Å². The lowest BCUT2D eigenvalue weighted by Gasteiger charge is -2.12. The second kappa shape index (κ2) is 6.09. The topological polar surface area (TPSA) is 55.1 Å². The Morgan fingerprint density at radius 2 is 2.12 bits per heavy atom. The molecule has 0 aromatic heterocycles. The van der Waals surface area contributed by atoms with E-state index in [1.54, 1.807) is 12.1 Å². The van der Waals surface area contributed by atoms with E-state index in [0.717, 1.165) is 5.56 Å². The standard InChI is InChI=1S/C11H14Cl2N2O/c1-7(4-11(14)16)15-6-8-2-3-9(12)10(13)5-8/h2-3,5,7,15H,4,6H2,1H3,(H2,14,16). The Morgan fingerprint density at radius 3 is 2.69 bits per heavy atom. The molecule has 0 spiro atoms. The van der Waals surface area contributed by atoms with Crippen molar-refractivity contribution in [3.8, 4) is 0 Å². The molecule has 0 saturated heterocycles. The number of rotatable bonds is 5. The van der Waals surface area contributed by atoms with Crippen molar-refractivity contribution in [1.82, 2.24) is 5.32 Å². The zero-order valence-corrected chi connectivity index (χ0v) is 10.5. The van der Waals surface area contributed by atoms with Crippen LogP contribution in [0.5, 0.6) is 0 Å². The van der Waals surface area contributed by atoms with Gasteiger partial charge in [-0.05, 0) is 24.6 Å². The van der Waals surface area contributed by atoms with E-state index in [4.69, 9.17) is 28.9 Å². The lowest BCUT2D eigenvalue weighted by Crippen LogP contribution is -2.30. The molecule has 1 unspecified atom stereocenters. The molecule has 1 rings (SSSR count). The van der Waals surface area contributed by atoms with Gasteiger partial charge in [0.25, 0.3) is 0 Å². The minimum Gasteiger partial charge on any atom is -0.370 e. The summed E-state index contributed by atoms with van der Waals surface area (Å²) in [6.07, 6.45) is 0.321. The normalized spacial score (nSPS) is 12.4. The summed E-state index contributed by atoms with van der Waals surface area (Å²) in [5.41, 5.74) is 6.11. The van der Waals surface area contributed by atoms with Gasteiger partial charge in [-0.1, -0.05) is 29.3 Å². The number of amides is 1. The van der Waals surface area contributed by atoms with Crippen LogP contribution in [0.2, 0.25) is 10.0 Å². The summed E-state index contributed by atoms with van der Waals surface area (Å²) >= 11 is 11.7. The Kier molecular flexibility index (Phi) is 5.06. The van der Waals surface area contributed by atoms with E-state index in [1.807, 2.05) is 13.0 Å². The Morgan fingerprint density at radius 1 is 1.44 bits per heavy atom. The third-order valence-corrected chi connectivity index (χ3v) is 2.89. The zero-order chi connectivity index (χ0) is 12.1. The van der Waals surface area contributed by atoms with E-state index in [1.165, 1.54) is 0 Å². The predicted octanol–water partition coefficient (Wildman–Crippen LogP) is 2.35. The number of halogens is 2. The molecule has 0 radical (unpaired) electrons. The number of carbonyl (C=O) groups is 1. The van der Waals surface area contributed by atoms with E-state index in [-0.39, 0.29) is 11.9 Å². The summed E-state index contributed by atoms with van der Waals surface area (Å²) in [7, 11) is 0. The maximum absolute atomic E-state index is 10.7. The number of hydrogen-bond donors (Lipinski definition) is 2. The van der Waals surface area contributed by atoms with Gasteiger partial charge in [0.2, 0.25) is 5.91 Å². The molecule has 1 aromatic rings. The highest BCUT2D eigenvalue weighted by atomic mass is 35.5. The molecule has 1 amide bonds. The molecule has 1 atom stereocenters. The van der Waals surface area contributed by atoms with Crippen LogP contribution in [0.25, 0.3) is 0 Å². The minimum atomic E-state index is -0.311. The van der Waals surface area contributed by atoms with Gasteiger partial charge in [-0.15, -0.1) is 0 Å². The quantitative estimate of drug-likeness (QED) is 0.854. The highest BCUT2D eigenvalue weighted by molar-refractivity contribution is 6.42. The van der Waals surface area contributed by atoms with Crippen molar-refractivity contribution in [3.63, 3.8) is 0 Å². The van der Waals surface area contributed by atoms with Gasteiger partial charge in [-0.25, -0.2) is 0 Å². The van der Waals surface area contributed by atoms with E-state index >= 15 is 0 Å². The molecule has 0 fully saturated rings. The van der Waals surface area contributed by atoms with Gasteiger partial charge in [0.1, 0.15) is 0 Å². The highest BCUT2D eigenvalue weighted by Gasteiger charge is 2.05. The smallest absolute Gasteiger partial charge is 0.218 e. The first kappa shape index (κ1) is 13.3. The van der Waals surface area contributed by atoms with Crippen molar-refractivity contribution in [1.29, 1.82) is 0 Å². The summed E-state index contributed by atoms with van der Waals surface area (Å²) in [4.78, 5) is 10.7. The van der Waals surface area contributed by atoms with Gasteiger partial charge in [-0.2, -0.15) is 0 Å². The summed E-state index contributed by atoms with van der Waals surface area (Å²) in [5.74, 6) is -0.311.